The summed E-state index contributed by atoms with van der Waals surface area (Å²) < 4.78 is 47.4. The summed E-state index contributed by atoms with van der Waals surface area (Å²) in [6.45, 7) is 0. The normalized spacial score (nSPS) is 21.8. The zero-order valence-electron chi connectivity index (χ0n) is 17.0. The molecule has 0 radical (unpaired) electrons. The zero-order chi connectivity index (χ0) is 24.7. The first-order valence-corrected chi connectivity index (χ1v) is 10.5. The van der Waals surface area contributed by atoms with E-state index in [1.807, 2.05) is 0 Å². The maximum Gasteiger partial charge on any atom is 0.437 e. The average molecular weight is 511 g/mol. The molecule has 34 heavy (non-hydrogen) atoms. The molecule has 3 aromatic rings. The second kappa shape index (κ2) is 8.83. The molecular weight excluding hydrogens is 496 g/mol. The number of Topliss-reactive ketones (excluding diaryl/α,β-unsaturated/α-hetero) is 1. The van der Waals surface area contributed by atoms with Crippen molar-refractivity contribution in [3.05, 3.63) is 87.7 Å². The van der Waals surface area contributed by atoms with E-state index in [-0.39, 0.29) is 16.3 Å². The van der Waals surface area contributed by atoms with Gasteiger partial charge in [0.05, 0.1) is 10.0 Å². The summed E-state index contributed by atoms with van der Waals surface area (Å²) in [5.41, 5.74) is -3.90. The van der Waals surface area contributed by atoms with E-state index in [0.29, 0.717) is 16.3 Å². The molecule has 0 aliphatic carbocycles. The summed E-state index contributed by atoms with van der Waals surface area (Å²) in [5.74, 6) is -2.96. The SMILES string of the molecule is O=C1NC(=Cc2ccc(-c3ccc(Cl)c(Cl)c3)o2)C(C(=O)c2ccccc2)C(O)(C(F)(F)F)N1. The summed E-state index contributed by atoms with van der Waals surface area (Å²) in [6, 6.07) is 13.5. The van der Waals surface area contributed by atoms with Crippen LogP contribution in [0.5, 0.6) is 0 Å². The number of carbonyl (C=O) groups excluding carboxylic acids is 2. The van der Waals surface area contributed by atoms with Gasteiger partial charge in [0.1, 0.15) is 17.4 Å². The highest BCUT2D eigenvalue weighted by Gasteiger charge is 2.65. The molecule has 2 unspecified atom stereocenters. The first-order valence-electron chi connectivity index (χ1n) is 9.74. The lowest BCUT2D eigenvalue weighted by molar-refractivity contribution is -0.279. The Labute approximate surface area is 201 Å². The minimum atomic E-state index is -5.37. The molecule has 0 saturated carbocycles. The van der Waals surface area contributed by atoms with E-state index < -0.39 is 35.3 Å². The molecule has 1 saturated heterocycles. The lowest BCUT2D eigenvalue weighted by Crippen LogP contribution is -2.71. The molecule has 176 valence electrons. The molecule has 3 N–H and O–H groups in total. The molecule has 2 amide bonds. The monoisotopic (exact) mass is 510 g/mol. The van der Waals surface area contributed by atoms with Crippen LogP contribution in [-0.4, -0.2) is 28.8 Å². The Morgan fingerprint density at radius 1 is 1.06 bits per heavy atom. The summed E-state index contributed by atoms with van der Waals surface area (Å²) in [7, 11) is 0. The maximum atomic E-state index is 13.9. The average Bonchev–Trinajstić information content (AvgIpc) is 3.23. The van der Waals surface area contributed by atoms with Crippen molar-refractivity contribution in [3.63, 3.8) is 0 Å². The molecule has 0 bridgehead atoms. The third-order valence-corrected chi connectivity index (χ3v) is 5.91. The predicted molar refractivity (Wildman–Crippen MR) is 119 cm³/mol. The van der Waals surface area contributed by atoms with E-state index in [9.17, 15) is 27.9 Å². The van der Waals surface area contributed by atoms with E-state index in [4.69, 9.17) is 27.6 Å². The minimum absolute atomic E-state index is 0.0219. The molecule has 6 nitrogen and oxygen atoms in total. The van der Waals surface area contributed by atoms with Gasteiger partial charge in [0.25, 0.3) is 5.72 Å². The van der Waals surface area contributed by atoms with Crippen molar-refractivity contribution in [1.29, 1.82) is 0 Å². The lowest BCUT2D eigenvalue weighted by atomic mass is 9.82. The second-order valence-electron chi connectivity index (χ2n) is 7.44. The number of alkyl halides is 3. The minimum Gasteiger partial charge on any atom is -0.457 e. The Bertz CT molecular complexity index is 1290. The predicted octanol–water partition coefficient (Wildman–Crippen LogP) is 5.66. The van der Waals surface area contributed by atoms with Crippen molar-refractivity contribution >= 4 is 41.1 Å². The molecular formula is C23H15Cl2F3N2O4. The van der Waals surface area contributed by atoms with Crippen LogP contribution >= 0.6 is 23.2 Å². The van der Waals surface area contributed by atoms with Crippen LogP contribution in [0.1, 0.15) is 16.1 Å². The van der Waals surface area contributed by atoms with Crippen LogP contribution in [-0.2, 0) is 0 Å². The molecule has 2 heterocycles. The number of benzene rings is 2. The topological polar surface area (TPSA) is 91.6 Å². The molecule has 1 fully saturated rings. The largest absolute Gasteiger partial charge is 0.457 e. The number of urea groups is 1. The lowest BCUT2D eigenvalue weighted by Gasteiger charge is -2.41. The van der Waals surface area contributed by atoms with Gasteiger partial charge in [0, 0.05) is 22.9 Å². The Morgan fingerprint density at radius 3 is 2.41 bits per heavy atom. The summed E-state index contributed by atoms with van der Waals surface area (Å²) >= 11 is 11.9. The highest BCUT2D eigenvalue weighted by molar-refractivity contribution is 6.42. The van der Waals surface area contributed by atoms with E-state index in [1.165, 1.54) is 47.8 Å². The van der Waals surface area contributed by atoms with Crippen LogP contribution in [0.15, 0.2) is 70.8 Å². The summed E-state index contributed by atoms with van der Waals surface area (Å²) in [5, 5.41) is 14.8. The second-order valence-corrected chi connectivity index (χ2v) is 8.25. The van der Waals surface area contributed by atoms with E-state index >= 15 is 0 Å². The van der Waals surface area contributed by atoms with Crippen LogP contribution in [0.25, 0.3) is 17.4 Å². The van der Waals surface area contributed by atoms with Gasteiger partial charge in [-0.1, -0.05) is 53.5 Å². The van der Waals surface area contributed by atoms with Gasteiger partial charge in [0.2, 0.25) is 0 Å². The van der Waals surface area contributed by atoms with Gasteiger partial charge in [-0.05, 0) is 30.3 Å². The van der Waals surface area contributed by atoms with Gasteiger partial charge in [-0.3, -0.25) is 4.79 Å². The molecule has 0 spiro atoms. The van der Waals surface area contributed by atoms with Crippen molar-refractivity contribution in [2.75, 3.05) is 0 Å². The smallest absolute Gasteiger partial charge is 0.437 e. The third kappa shape index (κ3) is 4.42. The van der Waals surface area contributed by atoms with Crippen LogP contribution < -0.4 is 10.6 Å². The molecule has 4 rings (SSSR count). The molecule has 11 heteroatoms. The van der Waals surface area contributed by atoms with Gasteiger partial charge in [-0.15, -0.1) is 0 Å². The van der Waals surface area contributed by atoms with Crippen molar-refractivity contribution in [1.82, 2.24) is 10.6 Å². The number of amides is 2. The first kappa shape index (κ1) is 23.9. The standard InChI is InChI=1S/C23H15Cl2F3N2O4/c24-15-8-6-13(10-16(15)25)18-9-7-14(34-18)11-17-19(20(31)12-4-2-1-3-5-12)22(33,23(26,27)28)30-21(32)29-17/h1-11,19,33H,(H2,29,30,32). The van der Waals surface area contributed by atoms with Crippen LogP contribution in [0.2, 0.25) is 10.0 Å². The van der Waals surface area contributed by atoms with Crippen molar-refractivity contribution in [2.24, 2.45) is 5.92 Å². The van der Waals surface area contributed by atoms with Gasteiger partial charge in [-0.25, -0.2) is 4.79 Å². The number of halogens is 5. The number of hydrogen-bond acceptors (Lipinski definition) is 4. The van der Waals surface area contributed by atoms with E-state index in [1.54, 1.807) is 18.2 Å². The van der Waals surface area contributed by atoms with Crippen molar-refractivity contribution in [2.45, 2.75) is 11.9 Å². The molecule has 1 aliphatic heterocycles. The van der Waals surface area contributed by atoms with Crippen molar-refractivity contribution in [3.8, 4) is 11.3 Å². The van der Waals surface area contributed by atoms with Gasteiger partial charge in [0.15, 0.2) is 5.78 Å². The summed E-state index contributed by atoms with van der Waals surface area (Å²) in [4.78, 5) is 25.2. The zero-order valence-corrected chi connectivity index (χ0v) is 18.5. The fourth-order valence-electron chi connectivity index (χ4n) is 3.55. The number of hydrogen-bond donors (Lipinski definition) is 3. The van der Waals surface area contributed by atoms with Crippen LogP contribution in [0, 0.1) is 5.92 Å². The van der Waals surface area contributed by atoms with E-state index in [2.05, 4.69) is 5.32 Å². The Hall–Kier alpha value is -3.27. The molecule has 1 aliphatic rings. The molecule has 2 atom stereocenters. The quantitative estimate of drug-likeness (QED) is 0.395. The number of ketones is 1. The number of furan rings is 1. The fraction of sp³-hybridized carbons (Fsp3) is 0.130. The van der Waals surface area contributed by atoms with Gasteiger partial charge < -0.3 is 20.2 Å². The number of rotatable bonds is 4. The molecule has 1 aromatic heterocycles. The number of carbonyl (C=O) groups is 2. The fourth-order valence-corrected chi connectivity index (χ4v) is 3.85. The Morgan fingerprint density at radius 2 is 1.76 bits per heavy atom. The van der Waals surface area contributed by atoms with Gasteiger partial charge >= 0.3 is 12.2 Å². The van der Waals surface area contributed by atoms with Crippen LogP contribution in [0.4, 0.5) is 18.0 Å². The van der Waals surface area contributed by atoms with Crippen molar-refractivity contribution < 1.29 is 32.3 Å². The summed E-state index contributed by atoms with van der Waals surface area (Å²) in [6.07, 6.45) is -4.31. The van der Waals surface area contributed by atoms with Gasteiger partial charge in [-0.2, -0.15) is 13.2 Å². The highest BCUT2D eigenvalue weighted by atomic mass is 35.5. The highest BCUT2D eigenvalue weighted by Crippen LogP contribution is 2.41. The Balaban J connectivity index is 1.79. The molecule has 2 aromatic carbocycles. The number of aliphatic hydroxyl groups is 1. The van der Waals surface area contributed by atoms with E-state index in [0.717, 1.165) is 6.08 Å². The Kier molecular flexibility index (Phi) is 6.20. The maximum absolute atomic E-state index is 13.9. The number of nitrogens with one attached hydrogen (secondary N) is 2. The first-order chi connectivity index (χ1) is 16.0. The third-order valence-electron chi connectivity index (χ3n) is 5.17. The van der Waals surface area contributed by atoms with Crippen LogP contribution in [0.3, 0.4) is 0 Å².